The topological polar surface area (TPSA) is 104 Å². The number of hydrogen-bond donors (Lipinski definition) is 2. The van der Waals surface area contributed by atoms with Crippen molar-refractivity contribution in [3.8, 4) is 11.8 Å². The summed E-state index contributed by atoms with van der Waals surface area (Å²) in [5.41, 5.74) is 9.23. The van der Waals surface area contributed by atoms with Gasteiger partial charge in [-0.2, -0.15) is 0 Å². The second-order valence-corrected chi connectivity index (χ2v) is 14.4. The molecule has 0 saturated heterocycles. The quantitative estimate of drug-likeness (QED) is 0.265. The Kier molecular flexibility index (Phi) is 6.07. The number of nitrogens with one attached hydrogen (secondary N) is 1. The third kappa shape index (κ3) is 4.87. The number of nitrogens with zero attached hydrogens (tertiary/aromatic N) is 5. The highest BCUT2D eigenvalue weighted by Crippen LogP contribution is 2.24. The minimum absolute atomic E-state index is 0.400. The summed E-state index contributed by atoms with van der Waals surface area (Å²) in [5.74, 6) is 7.60. The molecule has 0 amide bonds. The summed E-state index contributed by atoms with van der Waals surface area (Å²) in [5, 5.41) is 13.4. The smallest absolute Gasteiger partial charge is 0.141 e. The Bertz CT molecular complexity index is 1330. The molecule has 3 heterocycles. The van der Waals surface area contributed by atoms with Gasteiger partial charge in [-0.05, 0) is 30.3 Å². The second-order valence-electron chi connectivity index (χ2n) is 8.82. The third-order valence-corrected chi connectivity index (χ3v) is 6.80. The number of rotatable bonds is 6. The zero-order valence-corrected chi connectivity index (χ0v) is 19.8. The van der Waals surface area contributed by atoms with E-state index in [1.54, 1.807) is 17.1 Å². The van der Waals surface area contributed by atoms with Gasteiger partial charge in [0, 0.05) is 50.5 Å². The fraction of sp³-hybridized carbons (Fsp3) is 0.304. The molecule has 0 aliphatic carbocycles. The molecule has 0 aliphatic rings. The van der Waals surface area contributed by atoms with Crippen LogP contribution in [0.3, 0.4) is 0 Å². The highest BCUT2D eigenvalue weighted by atomic mass is 28.3. The van der Waals surface area contributed by atoms with Crippen LogP contribution in [0, 0.1) is 11.8 Å². The lowest BCUT2D eigenvalue weighted by Gasteiger charge is -2.15. The Labute approximate surface area is 188 Å². The summed E-state index contributed by atoms with van der Waals surface area (Å²) in [6.07, 6.45) is 3.46. The van der Waals surface area contributed by atoms with Crippen molar-refractivity contribution in [3.05, 3.63) is 47.8 Å². The highest BCUT2D eigenvalue weighted by Gasteiger charge is 2.12. The molecule has 1 aromatic carbocycles. The van der Waals surface area contributed by atoms with Crippen LogP contribution in [0.15, 0.2) is 36.7 Å². The number of nitrogens with two attached hydrogens (primary N) is 1. The van der Waals surface area contributed by atoms with E-state index in [1.165, 1.54) is 0 Å². The van der Waals surface area contributed by atoms with E-state index in [0.29, 0.717) is 12.5 Å². The minimum Gasteiger partial charge on any atom is -0.384 e. The van der Waals surface area contributed by atoms with E-state index >= 15 is 0 Å². The molecule has 32 heavy (non-hydrogen) atoms. The zero-order chi connectivity index (χ0) is 22.7. The van der Waals surface area contributed by atoms with Crippen LogP contribution in [0.1, 0.15) is 11.1 Å². The Morgan fingerprint density at radius 1 is 1.09 bits per heavy atom. The van der Waals surface area contributed by atoms with Crippen LogP contribution in [0.5, 0.6) is 0 Å². The van der Waals surface area contributed by atoms with Gasteiger partial charge in [-0.15, -0.1) is 5.10 Å². The SMILES string of the molecule is CNc1ncc(C#Cc2ccc3c(c2)nnn3COCC[Si](C)(C)C)c2cc(N)ncc12. The lowest BCUT2D eigenvalue weighted by Crippen LogP contribution is -2.22. The van der Waals surface area contributed by atoms with Crippen LogP contribution in [-0.4, -0.2) is 46.7 Å². The van der Waals surface area contributed by atoms with Crippen molar-refractivity contribution < 1.29 is 4.74 Å². The van der Waals surface area contributed by atoms with Gasteiger partial charge in [0.25, 0.3) is 0 Å². The van der Waals surface area contributed by atoms with E-state index in [4.69, 9.17) is 10.5 Å². The maximum absolute atomic E-state index is 5.89. The molecule has 0 fully saturated rings. The molecule has 0 atom stereocenters. The summed E-state index contributed by atoms with van der Waals surface area (Å²) in [4.78, 5) is 8.61. The molecule has 8 nitrogen and oxygen atoms in total. The molecule has 4 rings (SSSR count). The normalized spacial score (nSPS) is 11.5. The molecular formula is C23H27N7OSi. The van der Waals surface area contributed by atoms with Gasteiger partial charge in [0.05, 0.1) is 11.1 Å². The van der Waals surface area contributed by atoms with Crippen molar-refractivity contribution in [2.45, 2.75) is 32.4 Å². The monoisotopic (exact) mass is 445 g/mol. The van der Waals surface area contributed by atoms with E-state index in [1.807, 2.05) is 31.3 Å². The Morgan fingerprint density at radius 3 is 2.72 bits per heavy atom. The summed E-state index contributed by atoms with van der Waals surface area (Å²) < 4.78 is 7.59. The molecule has 3 N–H and O–H groups in total. The number of fused-ring (bicyclic) bond motifs is 2. The van der Waals surface area contributed by atoms with Crippen molar-refractivity contribution in [1.82, 2.24) is 25.0 Å². The van der Waals surface area contributed by atoms with Crippen LogP contribution in [0.4, 0.5) is 11.6 Å². The number of anilines is 2. The lowest BCUT2D eigenvalue weighted by molar-refractivity contribution is 0.0803. The van der Waals surface area contributed by atoms with E-state index < -0.39 is 8.07 Å². The highest BCUT2D eigenvalue weighted by molar-refractivity contribution is 6.76. The fourth-order valence-electron chi connectivity index (χ4n) is 3.26. The van der Waals surface area contributed by atoms with Gasteiger partial charge in [0.15, 0.2) is 0 Å². The standard InChI is InChI=1S/C23H27N7OSi/c1-25-23-19-14-26-22(24)12-18(19)17(13-27-23)7-5-16-6-8-21-20(11-16)28-29-30(21)15-31-9-10-32(2,3)4/h6,8,11-14H,9-10,15H2,1-4H3,(H2,24,26)(H,25,27). The number of hydrogen-bond acceptors (Lipinski definition) is 7. The van der Waals surface area contributed by atoms with Gasteiger partial charge in [0.1, 0.15) is 23.9 Å². The Hall–Kier alpha value is -3.48. The van der Waals surface area contributed by atoms with Crippen LogP contribution in [0.2, 0.25) is 25.7 Å². The molecule has 3 aromatic heterocycles. The lowest BCUT2D eigenvalue weighted by atomic mass is 10.1. The van der Waals surface area contributed by atoms with Crippen molar-refractivity contribution in [3.63, 3.8) is 0 Å². The number of pyridine rings is 2. The van der Waals surface area contributed by atoms with Crippen LogP contribution >= 0.6 is 0 Å². The zero-order valence-electron chi connectivity index (χ0n) is 18.8. The molecular weight excluding hydrogens is 418 g/mol. The Morgan fingerprint density at radius 2 is 1.94 bits per heavy atom. The summed E-state index contributed by atoms with van der Waals surface area (Å²) in [6.45, 7) is 8.16. The maximum atomic E-state index is 5.89. The van der Waals surface area contributed by atoms with Crippen molar-refractivity contribution in [2.75, 3.05) is 24.7 Å². The molecule has 9 heteroatoms. The molecule has 164 valence electrons. The largest absolute Gasteiger partial charge is 0.384 e. The van der Waals surface area contributed by atoms with Crippen LogP contribution in [-0.2, 0) is 11.5 Å². The molecule has 4 aromatic rings. The summed E-state index contributed by atoms with van der Waals surface area (Å²) in [6, 6.07) is 8.81. The number of nitrogen functional groups attached to an aromatic ring is 1. The van der Waals surface area contributed by atoms with Gasteiger partial charge >= 0.3 is 0 Å². The van der Waals surface area contributed by atoms with E-state index in [2.05, 4.69) is 57.1 Å². The number of benzene rings is 1. The average molecular weight is 446 g/mol. The summed E-state index contributed by atoms with van der Waals surface area (Å²) in [7, 11) is 0.715. The van der Waals surface area contributed by atoms with Crippen LogP contribution < -0.4 is 11.1 Å². The molecule has 0 spiro atoms. The maximum Gasteiger partial charge on any atom is 0.141 e. The van der Waals surface area contributed by atoms with E-state index in [0.717, 1.165) is 51.4 Å². The molecule has 0 saturated carbocycles. The first-order chi connectivity index (χ1) is 15.3. The number of aromatic nitrogens is 5. The van der Waals surface area contributed by atoms with Gasteiger partial charge in [-0.1, -0.05) is 36.7 Å². The van der Waals surface area contributed by atoms with Crippen LogP contribution in [0.25, 0.3) is 21.8 Å². The first kappa shape index (κ1) is 21.7. The molecule has 0 aliphatic heterocycles. The molecule has 0 radical (unpaired) electrons. The Balaban J connectivity index is 1.56. The first-order valence-corrected chi connectivity index (χ1v) is 14.2. The van der Waals surface area contributed by atoms with E-state index in [-0.39, 0.29) is 0 Å². The molecule has 0 unspecified atom stereocenters. The predicted molar refractivity (Wildman–Crippen MR) is 131 cm³/mol. The fourth-order valence-corrected chi connectivity index (χ4v) is 4.02. The predicted octanol–water partition coefficient (Wildman–Crippen LogP) is 3.71. The van der Waals surface area contributed by atoms with Crippen molar-refractivity contribution in [1.29, 1.82) is 0 Å². The van der Waals surface area contributed by atoms with E-state index in [9.17, 15) is 0 Å². The number of ether oxygens (including phenoxy) is 1. The second kappa shape index (κ2) is 8.94. The van der Waals surface area contributed by atoms with Gasteiger partial charge in [-0.25, -0.2) is 14.6 Å². The average Bonchev–Trinajstić information content (AvgIpc) is 3.16. The van der Waals surface area contributed by atoms with Gasteiger partial charge < -0.3 is 15.8 Å². The third-order valence-electron chi connectivity index (χ3n) is 5.10. The van der Waals surface area contributed by atoms with Crippen molar-refractivity contribution in [2.24, 2.45) is 0 Å². The summed E-state index contributed by atoms with van der Waals surface area (Å²) >= 11 is 0. The van der Waals surface area contributed by atoms with Gasteiger partial charge in [-0.3, -0.25) is 0 Å². The first-order valence-electron chi connectivity index (χ1n) is 10.5. The van der Waals surface area contributed by atoms with Gasteiger partial charge in [0.2, 0.25) is 0 Å². The minimum atomic E-state index is -1.11. The molecule has 0 bridgehead atoms. The van der Waals surface area contributed by atoms with Crippen molar-refractivity contribution >= 4 is 41.5 Å².